The molecule has 160 valence electrons. The monoisotopic (exact) mass is 440 g/mol. The van der Waals surface area contributed by atoms with Gasteiger partial charge in [0.05, 0.1) is 17.8 Å². The Balaban J connectivity index is 1.43. The molecule has 1 aliphatic rings. The molecule has 2 aromatic carbocycles. The van der Waals surface area contributed by atoms with Crippen LogP contribution in [0.2, 0.25) is 5.02 Å². The minimum atomic E-state index is -0.544. The van der Waals surface area contributed by atoms with Crippen molar-refractivity contribution in [1.82, 2.24) is 15.5 Å². The van der Waals surface area contributed by atoms with Crippen LogP contribution in [0.15, 0.2) is 54.6 Å². The van der Waals surface area contributed by atoms with Crippen LogP contribution in [0, 0.1) is 5.82 Å². The molecular formula is C23H22ClFN4O2. The van der Waals surface area contributed by atoms with Crippen molar-refractivity contribution in [2.24, 2.45) is 0 Å². The second-order valence-corrected chi connectivity index (χ2v) is 7.77. The van der Waals surface area contributed by atoms with Crippen molar-refractivity contribution < 1.29 is 13.9 Å². The zero-order valence-electron chi connectivity index (χ0n) is 17.0. The number of amides is 1. The molecule has 0 aliphatic carbocycles. The molecule has 1 unspecified atom stereocenters. The largest absolute Gasteiger partial charge is 0.496 e. The van der Waals surface area contributed by atoms with Crippen LogP contribution in [0.5, 0.6) is 5.75 Å². The maximum atomic E-state index is 13.3. The smallest absolute Gasteiger partial charge is 0.251 e. The number of para-hydroxylation sites is 1. The molecule has 2 heterocycles. The van der Waals surface area contributed by atoms with E-state index in [1.807, 2.05) is 36.4 Å². The van der Waals surface area contributed by atoms with Gasteiger partial charge >= 0.3 is 0 Å². The fraction of sp³-hybridized carbons (Fsp3) is 0.261. The lowest BCUT2D eigenvalue weighted by atomic mass is 10.0. The van der Waals surface area contributed by atoms with Crippen LogP contribution in [-0.4, -0.2) is 42.3 Å². The Kier molecular flexibility index (Phi) is 6.32. The highest BCUT2D eigenvalue weighted by Crippen LogP contribution is 2.28. The van der Waals surface area contributed by atoms with Crippen LogP contribution < -0.4 is 15.0 Å². The third kappa shape index (κ3) is 4.77. The van der Waals surface area contributed by atoms with E-state index in [-0.39, 0.29) is 17.0 Å². The molecule has 0 spiro atoms. The lowest BCUT2D eigenvalue weighted by Crippen LogP contribution is -2.48. The van der Waals surface area contributed by atoms with Crippen molar-refractivity contribution in [2.45, 2.75) is 18.9 Å². The lowest BCUT2D eigenvalue weighted by molar-refractivity contribution is 0.0933. The number of nitrogens with one attached hydrogen (secondary N) is 1. The summed E-state index contributed by atoms with van der Waals surface area (Å²) >= 11 is 5.79. The maximum Gasteiger partial charge on any atom is 0.251 e. The number of hydrogen-bond donors (Lipinski definition) is 1. The number of anilines is 1. The third-order valence-corrected chi connectivity index (χ3v) is 5.59. The summed E-state index contributed by atoms with van der Waals surface area (Å²) in [6, 6.07) is 15.4. The minimum absolute atomic E-state index is 0.0548. The van der Waals surface area contributed by atoms with Gasteiger partial charge in [0.25, 0.3) is 5.91 Å². The van der Waals surface area contributed by atoms with Gasteiger partial charge in [-0.05, 0) is 55.3 Å². The highest BCUT2D eigenvalue weighted by molar-refractivity contribution is 6.31. The second kappa shape index (κ2) is 9.31. The number of carbonyl (C=O) groups is 1. The molecule has 1 aliphatic heterocycles. The number of hydrogen-bond acceptors (Lipinski definition) is 5. The van der Waals surface area contributed by atoms with Gasteiger partial charge in [-0.2, -0.15) is 0 Å². The summed E-state index contributed by atoms with van der Waals surface area (Å²) in [5.74, 6) is 0.678. The molecule has 1 amide bonds. The van der Waals surface area contributed by atoms with E-state index < -0.39 is 5.82 Å². The second-order valence-electron chi connectivity index (χ2n) is 7.36. The number of carbonyl (C=O) groups excluding carboxylic acids is 1. The fourth-order valence-corrected chi connectivity index (χ4v) is 3.88. The zero-order valence-corrected chi connectivity index (χ0v) is 17.8. The SMILES string of the molecule is COc1ccccc1-c1ccc(N2CCCC(NC(=O)c3ccc(F)c(Cl)c3)C2)nn1. The van der Waals surface area contributed by atoms with Crippen molar-refractivity contribution in [3.63, 3.8) is 0 Å². The lowest BCUT2D eigenvalue weighted by Gasteiger charge is -2.33. The van der Waals surface area contributed by atoms with E-state index in [0.29, 0.717) is 12.1 Å². The molecular weight excluding hydrogens is 419 g/mol. The Morgan fingerprint density at radius 3 is 2.77 bits per heavy atom. The maximum absolute atomic E-state index is 13.3. The topological polar surface area (TPSA) is 67.3 Å². The van der Waals surface area contributed by atoms with Crippen LogP contribution in [-0.2, 0) is 0 Å². The first-order chi connectivity index (χ1) is 15.0. The van der Waals surface area contributed by atoms with Crippen LogP contribution in [0.4, 0.5) is 10.2 Å². The number of piperidine rings is 1. The summed E-state index contributed by atoms with van der Waals surface area (Å²) in [6.07, 6.45) is 1.76. The van der Waals surface area contributed by atoms with Gasteiger partial charge < -0.3 is 15.0 Å². The number of aromatic nitrogens is 2. The first-order valence-electron chi connectivity index (χ1n) is 10.0. The average Bonchev–Trinajstić information content (AvgIpc) is 2.81. The third-order valence-electron chi connectivity index (χ3n) is 5.30. The number of benzene rings is 2. The number of rotatable bonds is 5. The van der Waals surface area contributed by atoms with Gasteiger partial charge in [-0.25, -0.2) is 4.39 Å². The molecule has 1 N–H and O–H groups in total. The van der Waals surface area contributed by atoms with Gasteiger partial charge in [0.2, 0.25) is 0 Å². The van der Waals surface area contributed by atoms with E-state index in [4.69, 9.17) is 16.3 Å². The Bertz CT molecular complexity index is 1080. The molecule has 1 atom stereocenters. The normalized spacial score (nSPS) is 16.1. The molecule has 0 radical (unpaired) electrons. The van der Waals surface area contributed by atoms with E-state index >= 15 is 0 Å². The van der Waals surface area contributed by atoms with Crippen molar-refractivity contribution >= 4 is 23.3 Å². The molecule has 4 rings (SSSR count). The minimum Gasteiger partial charge on any atom is -0.496 e. The van der Waals surface area contributed by atoms with Crippen LogP contribution in [0.1, 0.15) is 23.2 Å². The molecule has 1 aromatic heterocycles. The summed E-state index contributed by atoms with van der Waals surface area (Å²) in [5.41, 5.74) is 1.95. The standard InChI is InChI=1S/C23H22ClFN4O2/c1-31-21-7-3-2-6-17(21)20-10-11-22(28-27-20)29-12-4-5-16(14-29)26-23(30)15-8-9-19(25)18(24)13-15/h2-3,6-11,13,16H,4-5,12,14H2,1H3,(H,26,30). The molecule has 0 saturated carbocycles. The summed E-state index contributed by atoms with van der Waals surface area (Å²) in [4.78, 5) is 14.6. The van der Waals surface area contributed by atoms with Gasteiger partial charge in [0.15, 0.2) is 5.82 Å². The highest BCUT2D eigenvalue weighted by atomic mass is 35.5. The molecule has 1 saturated heterocycles. The Hall–Kier alpha value is -3.19. The summed E-state index contributed by atoms with van der Waals surface area (Å²) in [5, 5.41) is 11.7. The predicted molar refractivity (Wildman–Crippen MR) is 118 cm³/mol. The number of methoxy groups -OCH3 is 1. The summed E-state index contributed by atoms with van der Waals surface area (Å²) in [6.45, 7) is 1.45. The van der Waals surface area contributed by atoms with Crippen LogP contribution >= 0.6 is 11.6 Å². The van der Waals surface area contributed by atoms with Crippen molar-refractivity contribution in [3.8, 4) is 17.0 Å². The average molecular weight is 441 g/mol. The Morgan fingerprint density at radius 2 is 2.03 bits per heavy atom. The molecule has 0 bridgehead atoms. The van der Waals surface area contributed by atoms with E-state index in [1.54, 1.807) is 7.11 Å². The van der Waals surface area contributed by atoms with Crippen LogP contribution in [0.3, 0.4) is 0 Å². The van der Waals surface area contributed by atoms with Gasteiger partial charge in [-0.3, -0.25) is 4.79 Å². The van der Waals surface area contributed by atoms with E-state index in [2.05, 4.69) is 20.4 Å². The number of nitrogens with zero attached hydrogens (tertiary/aromatic N) is 3. The fourth-order valence-electron chi connectivity index (χ4n) is 3.70. The summed E-state index contributed by atoms with van der Waals surface area (Å²) in [7, 11) is 1.63. The van der Waals surface area contributed by atoms with E-state index in [1.165, 1.54) is 18.2 Å². The molecule has 3 aromatic rings. The van der Waals surface area contributed by atoms with Gasteiger partial charge in [0.1, 0.15) is 11.6 Å². The van der Waals surface area contributed by atoms with Crippen LogP contribution in [0.25, 0.3) is 11.3 Å². The van der Waals surface area contributed by atoms with Gasteiger partial charge in [-0.15, -0.1) is 10.2 Å². The quantitative estimate of drug-likeness (QED) is 0.639. The highest BCUT2D eigenvalue weighted by Gasteiger charge is 2.23. The summed E-state index contributed by atoms with van der Waals surface area (Å²) < 4.78 is 18.7. The molecule has 1 fully saturated rings. The van der Waals surface area contributed by atoms with E-state index in [0.717, 1.165) is 42.2 Å². The first kappa shape index (κ1) is 21.1. The first-order valence-corrected chi connectivity index (χ1v) is 10.4. The predicted octanol–water partition coefficient (Wildman–Crippen LogP) is 4.34. The van der Waals surface area contributed by atoms with E-state index in [9.17, 15) is 9.18 Å². The number of halogens is 2. The van der Waals surface area contributed by atoms with Crippen molar-refractivity contribution in [3.05, 3.63) is 71.0 Å². The molecule has 31 heavy (non-hydrogen) atoms. The van der Waals surface area contributed by atoms with Crippen molar-refractivity contribution in [1.29, 1.82) is 0 Å². The molecule has 8 heteroatoms. The van der Waals surface area contributed by atoms with Crippen molar-refractivity contribution in [2.75, 3.05) is 25.1 Å². The number of ether oxygens (including phenoxy) is 1. The Morgan fingerprint density at radius 1 is 1.19 bits per heavy atom. The zero-order chi connectivity index (χ0) is 21.8. The Labute approximate surface area is 185 Å². The molecule has 6 nitrogen and oxygen atoms in total. The van der Waals surface area contributed by atoms with Gasteiger partial charge in [0, 0.05) is 30.3 Å². The van der Waals surface area contributed by atoms with Gasteiger partial charge in [-0.1, -0.05) is 23.7 Å².